The summed E-state index contributed by atoms with van der Waals surface area (Å²) in [6.45, 7) is 4.77. The van der Waals surface area contributed by atoms with E-state index in [1.807, 2.05) is 19.1 Å². The smallest absolute Gasteiger partial charge is 0.218 e. The first-order chi connectivity index (χ1) is 12.8. The number of aromatic nitrogens is 1. The normalized spacial score (nSPS) is 12.6. The van der Waals surface area contributed by atoms with Gasteiger partial charge in [-0.25, -0.2) is 4.98 Å². The maximum absolute atomic E-state index is 5.56. The summed E-state index contributed by atoms with van der Waals surface area (Å²) in [4.78, 5) is 8.55. The first-order valence-electron chi connectivity index (χ1n) is 9.06. The molecule has 0 radical (unpaired) electrons. The fourth-order valence-electron chi connectivity index (χ4n) is 2.95. The number of benzene rings is 1. The molecule has 0 amide bonds. The zero-order valence-electron chi connectivity index (χ0n) is 15.8. The Bertz CT molecular complexity index is 767. The third-order valence-corrected chi connectivity index (χ3v) is 4.26. The Hall–Kier alpha value is -2.03. The highest BCUT2D eigenvalue weighted by Gasteiger charge is 2.12. The molecule has 2 N–H and O–H groups in total. The van der Waals surface area contributed by atoms with Crippen molar-refractivity contribution >= 4 is 29.9 Å². The van der Waals surface area contributed by atoms with Crippen LogP contribution in [0.25, 0.3) is 0 Å². The van der Waals surface area contributed by atoms with E-state index in [1.54, 1.807) is 13.2 Å². The van der Waals surface area contributed by atoms with Gasteiger partial charge in [-0.3, -0.25) is 4.99 Å². The molecule has 7 heteroatoms. The molecule has 0 saturated heterocycles. The Labute approximate surface area is 177 Å². The predicted molar refractivity (Wildman–Crippen MR) is 118 cm³/mol. The molecule has 0 bridgehead atoms. The van der Waals surface area contributed by atoms with Crippen molar-refractivity contribution in [1.29, 1.82) is 0 Å². The second kappa shape index (κ2) is 11.0. The van der Waals surface area contributed by atoms with Crippen molar-refractivity contribution in [1.82, 2.24) is 15.6 Å². The van der Waals surface area contributed by atoms with E-state index in [9.17, 15) is 0 Å². The molecule has 1 aromatic carbocycles. The SMILES string of the molecule is CCOc1ncccc1CNC(=NC)NCCc1ccc2c(c1)CCO2.I. The number of ether oxygens (including phenoxy) is 2. The minimum atomic E-state index is 0. The highest BCUT2D eigenvalue weighted by molar-refractivity contribution is 14.0. The highest BCUT2D eigenvalue weighted by atomic mass is 127. The second-order valence-electron chi connectivity index (χ2n) is 6.04. The number of guanidine groups is 1. The van der Waals surface area contributed by atoms with E-state index in [0.29, 0.717) is 19.0 Å². The largest absolute Gasteiger partial charge is 0.493 e. The van der Waals surface area contributed by atoms with Crippen LogP contribution < -0.4 is 20.1 Å². The predicted octanol–water partition coefficient (Wildman–Crippen LogP) is 2.94. The molecule has 0 atom stereocenters. The lowest BCUT2D eigenvalue weighted by Crippen LogP contribution is -2.38. The molecule has 2 aromatic rings. The van der Waals surface area contributed by atoms with Crippen molar-refractivity contribution in [3.05, 3.63) is 53.2 Å². The molecular formula is C20H27IN4O2. The van der Waals surface area contributed by atoms with Crippen LogP contribution in [0.1, 0.15) is 23.6 Å². The molecule has 146 valence electrons. The van der Waals surface area contributed by atoms with Gasteiger partial charge in [-0.2, -0.15) is 0 Å². The molecule has 0 fully saturated rings. The fraction of sp³-hybridized carbons (Fsp3) is 0.400. The van der Waals surface area contributed by atoms with Crippen molar-refractivity contribution in [3.63, 3.8) is 0 Å². The molecule has 0 saturated carbocycles. The maximum atomic E-state index is 5.56. The van der Waals surface area contributed by atoms with Gasteiger partial charge in [0.05, 0.1) is 13.2 Å². The summed E-state index contributed by atoms with van der Waals surface area (Å²) in [7, 11) is 1.77. The number of pyridine rings is 1. The molecular weight excluding hydrogens is 455 g/mol. The lowest BCUT2D eigenvalue weighted by atomic mass is 10.1. The average Bonchev–Trinajstić information content (AvgIpc) is 3.13. The monoisotopic (exact) mass is 482 g/mol. The number of hydrogen-bond acceptors (Lipinski definition) is 4. The molecule has 2 heterocycles. The van der Waals surface area contributed by atoms with Crippen molar-refractivity contribution in [2.75, 3.05) is 26.8 Å². The standard InChI is InChI=1S/C20H26N4O2.HI/c1-3-25-19-17(5-4-10-22-19)14-24-20(21-2)23-11-8-15-6-7-18-16(13-15)9-12-26-18;/h4-7,10,13H,3,8-9,11-12,14H2,1-2H3,(H2,21,23,24);1H. The van der Waals surface area contributed by atoms with Crippen LogP contribution in [0.2, 0.25) is 0 Å². The minimum absolute atomic E-state index is 0. The lowest BCUT2D eigenvalue weighted by molar-refractivity contribution is 0.322. The average molecular weight is 482 g/mol. The zero-order valence-corrected chi connectivity index (χ0v) is 18.2. The topological polar surface area (TPSA) is 67.8 Å². The minimum Gasteiger partial charge on any atom is -0.493 e. The summed E-state index contributed by atoms with van der Waals surface area (Å²) >= 11 is 0. The van der Waals surface area contributed by atoms with E-state index in [1.165, 1.54) is 11.1 Å². The summed E-state index contributed by atoms with van der Waals surface area (Å²) in [6.07, 6.45) is 3.68. The third-order valence-electron chi connectivity index (χ3n) is 4.26. The third kappa shape index (κ3) is 5.98. The summed E-state index contributed by atoms with van der Waals surface area (Å²) in [5.41, 5.74) is 3.63. The van der Waals surface area contributed by atoms with E-state index < -0.39 is 0 Å². The molecule has 0 unspecified atom stereocenters. The van der Waals surface area contributed by atoms with Gasteiger partial charge in [0.1, 0.15) is 5.75 Å². The lowest BCUT2D eigenvalue weighted by Gasteiger charge is -2.14. The van der Waals surface area contributed by atoms with Crippen LogP contribution in [0.3, 0.4) is 0 Å². The van der Waals surface area contributed by atoms with Gasteiger partial charge in [0.2, 0.25) is 5.88 Å². The van der Waals surface area contributed by atoms with E-state index >= 15 is 0 Å². The summed E-state index contributed by atoms with van der Waals surface area (Å²) in [6, 6.07) is 10.4. The van der Waals surface area contributed by atoms with Gasteiger partial charge < -0.3 is 20.1 Å². The van der Waals surface area contributed by atoms with Crippen LogP contribution in [-0.2, 0) is 19.4 Å². The van der Waals surface area contributed by atoms with Gasteiger partial charge in [0.25, 0.3) is 0 Å². The van der Waals surface area contributed by atoms with E-state index in [0.717, 1.165) is 43.3 Å². The maximum Gasteiger partial charge on any atom is 0.218 e. The Balaban J connectivity index is 0.00000261. The van der Waals surface area contributed by atoms with Gasteiger partial charge in [0, 0.05) is 38.3 Å². The zero-order chi connectivity index (χ0) is 18.2. The van der Waals surface area contributed by atoms with Crippen LogP contribution in [0.4, 0.5) is 0 Å². The van der Waals surface area contributed by atoms with Crippen LogP contribution in [0.15, 0.2) is 41.5 Å². The summed E-state index contributed by atoms with van der Waals surface area (Å²) in [5.74, 6) is 2.46. The fourth-order valence-corrected chi connectivity index (χ4v) is 2.95. The number of rotatable bonds is 7. The van der Waals surface area contributed by atoms with Crippen LogP contribution in [0, 0.1) is 0 Å². The van der Waals surface area contributed by atoms with Crippen LogP contribution >= 0.6 is 24.0 Å². The van der Waals surface area contributed by atoms with Crippen molar-refractivity contribution in [2.45, 2.75) is 26.3 Å². The number of fused-ring (bicyclic) bond motifs is 1. The van der Waals surface area contributed by atoms with Crippen LogP contribution in [0.5, 0.6) is 11.6 Å². The molecule has 1 aromatic heterocycles. The Kier molecular flexibility index (Phi) is 8.63. The molecule has 1 aliphatic heterocycles. The molecule has 27 heavy (non-hydrogen) atoms. The summed E-state index contributed by atoms with van der Waals surface area (Å²) < 4.78 is 11.1. The van der Waals surface area contributed by atoms with Crippen molar-refractivity contribution in [3.8, 4) is 11.6 Å². The molecule has 6 nitrogen and oxygen atoms in total. The number of halogens is 1. The number of nitrogens with one attached hydrogen (secondary N) is 2. The number of aliphatic imine (C=N–C) groups is 1. The van der Waals surface area contributed by atoms with Gasteiger partial charge in [0.15, 0.2) is 5.96 Å². The first-order valence-corrected chi connectivity index (χ1v) is 9.06. The number of hydrogen-bond donors (Lipinski definition) is 2. The molecule has 0 aliphatic carbocycles. The van der Waals surface area contributed by atoms with Gasteiger partial charge in [-0.05, 0) is 36.6 Å². The Morgan fingerprint density at radius 3 is 3.00 bits per heavy atom. The van der Waals surface area contributed by atoms with Gasteiger partial charge in [-0.1, -0.05) is 18.2 Å². The Morgan fingerprint density at radius 2 is 2.19 bits per heavy atom. The quantitative estimate of drug-likeness (QED) is 0.361. The molecule has 3 rings (SSSR count). The van der Waals surface area contributed by atoms with Crippen molar-refractivity contribution in [2.24, 2.45) is 4.99 Å². The molecule has 0 spiro atoms. The van der Waals surface area contributed by atoms with Crippen molar-refractivity contribution < 1.29 is 9.47 Å². The highest BCUT2D eigenvalue weighted by Crippen LogP contribution is 2.25. The second-order valence-corrected chi connectivity index (χ2v) is 6.04. The first kappa shape index (κ1) is 21.3. The van der Waals surface area contributed by atoms with E-state index in [4.69, 9.17) is 9.47 Å². The summed E-state index contributed by atoms with van der Waals surface area (Å²) in [5, 5.41) is 6.67. The molecule has 1 aliphatic rings. The van der Waals surface area contributed by atoms with Crippen LogP contribution in [-0.4, -0.2) is 37.7 Å². The van der Waals surface area contributed by atoms with Gasteiger partial charge in [-0.15, -0.1) is 24.0 Å². The van der Waals surface area contributed by atoms with E-state index in [-0.39, 0.29) is 24.0 Å². The van der Waals surface area contributed by atoms with E-state index in [2.05, 4.69) is 38.8 Å². The number of nitrogens with zero attached hydrogens (tertiary/aromatic N) is 2. The Morgan fingerprint density at radius 1 is 1.30 bits per heavy atom. The van der Waals surface area contributed by atoms with Gasteiger partial charge >= 0.3 is 0 Å².